The molecule has 1 aromatic heterocycles. The van der Waals surface area contributed by atoms with E-state index in [0.29, 0.717) is 16.5 Å². The molecule has 0 aliphatic rings. The number of ether oxygens (including phenoxy) is 2. The maximum absolute atomic E-state index is 11.9. The monoisotopic (exact) mass is 272 g/mol. The molecule has 2 rings (SSSR count). The summed E-state index contributed by atoms with van der Waals surface area (Å²) in [5, 5.41) is 9.41. The summed E-state index contributed by atoms with van der Waals surface area (Å²) in [5.74, 6) is -1.03. The summed E-state index contributed by atoms with van der Waals surface area (Å²) in [6.45, 7) is 3.13. The lowest BCUT2D eigenvalue weighted by Crippen LogP contribution is -2.09. The van der Waals surface area contributed by atoms with Crippen LogP contribution in [0.4, 0.5) is 0 Å². The average Bonchev–Trinajstić information content (AvgIpc) is 2.76. The lowest BCUT2D eigenvalue weighted by molar-refractivity contribution is -0.131. The number of benzene rings is 1. The van der Waals surface area contributed by atoms with Crippen molar-refractivity contribution >= 4 is 22.8 Å². The zero-order chi connectivity index (χ0) is 14.7. The maximum Gasteiger partial charge on any atom is 0.358 e. The molecule has 0 unspecified atom stereocenters. The Morgan fingerprint density at radius 2 is 2.15 bits per heavy atom. The maximum atomic E-state index is 11.9. The van der Waals surface area contributed by atoms with Crippen LogP contribution in [0.25, 0.3) is 10.9 Å². The molecule has 1 aromatic carbocycles. The summed E-state index contributed by atoms with van der Waals surface area (Å²) >= 11 is 0. The third-order valence-corrected chi connectivity index (χ3v) is 2.61. The van der Waals surface area contributed by atoms with Gasteiger partial charge in [0.05, 0.1) is 23.8 Å². The normalized spacial score (nSPS) is 10.1. The highest BCUT2D eigenvalue weighted by Crippen LogP contribution is 2.31. The van der Waals surface area contributed by atoms with Gasteiger partial charge in [-0.2, -0.15) is 5.26 Å². The van der Waals surface area contributed by atoms with Crippen molar-refractivity contribution in [2.45, 2.75) is 13.8 Å². The summed E-state index contributed by atoms with van der Waals surface area (Å²) in [5.41, 5.74) is 1.03. The number of carbonyl (C=O) groups is 2. The molecule has 6 nitrogen and oxygen atoms in total. The molecule has 0 fully saturated rings. The fraction of sp³-hybridized carbons (Fsp3) is 0.214. The Bertz CT molecular complexity index is 725. The van der Waals surface area contributed by atoms with E-state index in [4.69, 9.17) is 14.7 Å². The van der Waals surface area contributed by atoms with E-state index in [2.05, 4.69) is 4.98 Å². The zero-order valence-electron chi connectivity index (χ0n) is 11.0. The SMILES string of the molecule is CCOC(=O)c1[nH]c2cc(C#N)ccc2c1OC(C)=O. The molecule has 0 spiro atoms. The van der Waals surface area contributed by atoms with Gasteiger partial charge in [0.2, 0.25) is 0 Å². The third kappa shape index (κ3) is 2.47. The summed E-state index contributed by atoms with van der Waals surface area (Å²) in [6.07, 6.45) is 0. The number of hydrogen-bond acceptors (Lipinski definition) is 5. The lowest BCUT2D eigenvalue weighted by Gasteiger charge is -2.03. The first kappa shape index (κ1) is 13.6. The van der Waals surface area contributed by atoms with Crippen LogP contribution in [0.15, 0.2) is 18.2 Å². The first-order valence-corrected chi connectivity index (χ1v) is 5.98. The summed E-state index contributed by atoms with van der Waals surface area (Å²) in [6, 6.07) is 6.77. The molecular formula is C14H12N2O4. The van der Waals surface area contributed by atoms with Crippen molar-refractivity contribution in [3.05, 3.63) is 29.5 Å². The van der Waals surface area contributed by atoms with E-state index >= 15 is 0 Å². The molecule has 0 radical (unpaired) electrons. The second-order valence-electron chi connectivity index (χ2n) is 4.02. The van der Waals surface area contributed by atoms with E-state index < -0.39 is 11.9 Å². The van der Waals surface area contributed by atoms with Crippen LogP contribution < -0.4 is 4.74 Å². The fourth-order valence-corrected chi connectivity index (χ4v) is 1.84. The molecule has 0 saturated heterocycles. The van der Waals surface area contributed by atoms with Crippen LogP contribution in [0.1, 0.15) is 29.9 Å². The highest BCUT2D eigenvalue weighted by molar-refractivity contribution is 6.02. The first-order valence-electron chi connectivity index (χ1n) is 5.98. The van der Waals surface area contributed by atoms with Crippen LogP contribution in [0.2, 0.25) is 0 Å². The largest absolute Gasteiger partial charge is 0.461 e. The second-order valence-corrected chi connectivity index (χ2v) is 4.02. The Kier molecular flexibility index (Phi) is 3.71. The minimum atomic E-state index is -0.613. The lowest BCUT2D eigenvalue weighted by atomic mass is 10.1. The van der Waals surface area contributed by atoms with E-state index in [-0.39, 0.29) is 18.1 Å². The van der Waals surface area contributed by atoms with E-state index in [0.717, 1.165) is 0 Å². The van der Waals surface area contributed by atoms with Gasteiger partial charge in [0.15, 0.2) is 11.4 Å². The topological polar surface area (TPSA) is 92.2 Å². The molecule has 0 aliphatic heterocycles. The molecule has 20 heavy (non-hydrogen) atoms. The Labute approximate surface area is 114 Å². The van der Waals surface area contributed by atoms with Crippen LogP contribution in [-0.4, -0.2) is 23.5 Å². The predicted molar refractivity (Wildman–Crippen MR) is 70.3 cm³/mol. The van der Waals surface area contributed by atoms with E-state index in [1.54, 1.807) is 25.1 Å². The summed E-state index contributed by atoms with van der Waals surface area (Å²) in [4.78, 5) is 25.9. The van der Waals surface area contributed by atoms with Crippen molar-refractivity contribution < 1.29 is 19.1 Å². The molecule has 1 N–H and O–H groups in total. The number of nitrogens with zero attached hydrogens (tertiary/aromatic N) is 1. The Hall–Kier alpha value is -2.81. The van der Waals surface area contributed by atoms with E-state index in [1.165, 1.54) is 6.92 Å². The van der Waals surface area contributed by atoms with Gasteiger partial charge in [-0.05, 0) is 25.1 Å². The second kappa shape index (κ2) is 5.45. The van der Waals surface area contributed by atoms with Gasteiger partial charge in [-0.1, -0.05) is 0 Å². The third-order valence-electron chi connectivity index (χ3n) is 2.61. The molecule has 102 valence electrons. The quantitative estimate of drug-likeness (QED) is 0.864. The molecule has 6 heteroatoms. The average molecular weight is 272 g/mol. The van der Waals surface area contributed by atoms with Gasteiger partial charge in [0.25, 0.3) is 0 Å². The molecule has 0 atom stereocenters. The van der Waals surface area contributed by atoms with Gasteiger partial charge in [-0.3, -0.25) is 4.79 Å². The minimum Gasteiger partial charge on any atom is -0.461 e. The first-order chi connectivity index (χ1) is 9.56. The molecule has 2 aromatic rings. The van der Waals surface area contributed by atoms with Gasteiger partial charge >= 0.3 is 11.9 Å². The number of rotatable bonds is 3. The van der Waals surface area contributed by atoms with Crippen molar-refractivity contribution in [2.75, 3.05) is 6.61 Å². The standard InChI is InChI=1S/C14H12N2O4/c1-3-19-14(18)12-13(20-8(2)17)10-5-4-9(7-15)6-11(10)16-12/h4-6,16H,3H2,1-2H3. The Morgan fingerprint density at radius 3 is 2.75 bits per heavy atom. The van der Waals surface area contributed by atoms with Crippen molar-refractivity contribution in [3.8, 4) is 11.8 Å². The van der Waals surface area contributed by atoms with E-state index in [1.807, 2.05) is 6.07 Å². The van der Waals surface area contributed by atoms with Crippen LogP contribution in [-0.2, 0) is 9.53 Å². The highest BCUT2D eigenvalue weighted by atomic mass is 16.5. The van der Waals surface area contributed by atoms with Crippen molar-refractivity contribution in [1.82, 2.24) is 4.98 Å². The molecular weight excluding hydrogens is 260 g/mol. The highest BCUT2D eigenvalue weighted by Gasteiger charge is 2.21. The number of esters is 2. The molecule has 1 heterocycles. The number of fused-ring (bicyclic) bond motifs is 1. The molecule has 0 amide bonds. The Morgan fingerprint density at radius 1 is 1.40 bits per heavy atom. The van der Waals surface area contributed by atoms with Crippen LogP contribution in [0.5, 0.6) is 5.75 Å². The van der Waals surface area contributed by atoms with Crippen LogP contribution in [0, 0.1) is 11.3 Å². The fourth-order valence-electron chi connectivity index (χ4n) is 1.84. The number of nitriles is 1. The minimum absolute atomic E-state index is 0.0622. The smallest absolute Gasteiger partial charge is 0.358 e. The summed E-state index contributed by atoms with van der Waals surface area (Å²) < 4.78 is 10.00. The van der Waals surface area contributed by atoms with Crippen molar-refractivity contribution in [2.24, 2.45) is 0 Å². The molecule has 0 aliphatic carbocycles. The Balaban J connectivity index is 2.62. The van der Waals surface area contributed by atoms with Gasteiger partial charge < -0.3 is 14.5 Å². The van der Waals surface area contributed by atoms with Crippen molar-refractivity contribution in [1.29, 1.82) is 5.26 Å². The summed E-state index contributed by atoms with van der Waals surface area (Å²) in [7, 11) is 0. The van der Waals surface area contributed by atoms with Crippen LogP contribution in [0.3, 0.4) is 0 Å². The van der Waals surface area contributed by atoms with Gasteiger partial charge in [-0.25, -0.2) is 4.79 Å². The number of H-pyrrole nitrogens is 1. The van der Waals surface area contributed by atoms with Gasteiger partial charge in [0, 0.05) is 12.3 Å². The predicted octanol–water partition coefficient (Wildman–Crippen LogP) is 2.14. The van der Waals surface area contributed by atoms with Gasteiger partial charge in [0.1, 0.15) is 0 Å². The molecule has 0 saturated carbocycles. The van der Waals surface area contributed by atoms with E-state index in [9.17, 15) is 9.59 Å². The zero-order valence-corrected chi connectivity index (χ0v) is 11.0. The number of hydrogen-bond donors (Lipinski definition) is 1. The van der Waals surface area contributed by atoms with Crippen molar-refractivity contribution in [3.63, 3.8) is 0 Å². The number of carbonyl (C=O) groups excluding carboxylic acids is 2. The number of nitrogens with one attached hydrogen (secondary N) is 1. The van der Waals surface area contributed by atoms with Gasteiger partial charge in [-0.15, -0.1) is 0 Å². The number of aromatic nitrogens is 1. The van der Waals surface area contributed by atoms with Crippen LogP contribution >= 0.6 is 0 Å². The number of aromatic amines is 1. The molecule has 0 bridgehead atoms.